The third-order valence-corrected chi connectivity index (χ3v) is 4.77. The summed E-state index contributed by atoms with van der Waals surface area (Å²) in [5, 5.41) is 22.8. The highest BCUT2D eigenvalue weighted by Crippen LogP contribution is 2.27. The first-order valence-corrected chi connectivity index (χ1v) is 8.65. The summed E-state index contributed by atoms with van der Waals surface area (Å²) in [5.74, 6) is -0.656. The highest BCUT2D eigenvalue weighted by Gasteiger charge is 2.32. The first-order valence-electron chi connectivity index (χ1n) is 7.77. The van der Waals surface area contributed by atoms with Crippen molar-refractivity contribution in [2.45, 2.75) is 25.5 Å². The van der Waals surface area contributed by atoms with Crippen LogP contribution < -0.4 is 5.32 Å². The van der Waals surface area contributed by atoms with Crippen molar-refractivity contribution < 1.29 is 19.2 Å². The average molecular weight is 372 g/mol. The van der Waals surface area contributed by atoms with Crippen molar-refractivity contribution in [3.05, 3.63) is 41.3 Å². The van der Waals surface area contributed by atoms with Crippen LogP contribution in [0.25, 0.3) is 11.1 Å². The molecule has 0 spiro atoms. The second-order valence-electron chi connectivity index (χ2n) is 5.67. The maximum atomic E-state index is 11.7. The predicted molar refractivity (Wildman–Crippen MR) is 98.2 cm³/mol. The van der Waals surface area contributed by atoms with E-state index in [0.717, 1.165) is 39.9 Å². The Kier molecular flexibility index (Phi) is 5.17. The molecule has 3 rings (SSSR count). The van der Waals surface area contributed by atoms with E-state index in [1.54, 1.807) is 6.21 Å². The molecule has 1 amide bonds. The van der Waals surface area contributed by atoms with Crippen LogP contribution in [-0.2, 0) is 9.59 Å². The van der Waals surface area contributed by atoms with E-state index in [0.29, 0.717) is 5.17 Å². The number of benzene rings is 1. The van der Waals surface area contributed by atoms with Crippen molar-refractivity contribution in [1.29, 1.82) is 0 Å². The molecule has 2 N–H and O–H groups in total. The van der Waals surface area contributed by atoms with Crippen molar-refractivity contribution in [2.24, 2.45) is 10.2 Å². The molecule has 0 radical (unpaired) electrons. The first kappa shape index (κ1) is 17.9. The summed E-state index contributed by atoms with van der Waals surface area (Å²) < 4.78 is 5.20. The summed E-state index contributed by atoms with van der Waals surface area (Å²) in [5.41, 5.74) is 3.54. The van der Waals surface area contributed by atoms with Gasteiger partial charge in [-0.3, -0.25) is 9.59 Å². The van der Waals surface area contributed by atoms with E-state index in [2.05, 4.69) is 20.7 Å². The Morgan fingerprint density at radius 3 is 2.96 bits per heavy atom. The molecule has 1 fully saturated rings. The number of carbonyl (C=O) groups is 2. The van der Waals surface area contributed by atoms with Gasteiger partial charge in [-0.15, -0.1) is 5.10 Å². The second-order valence-corrected chi connectivity index (χ2v) is 6.86. The molecule has 0 bridgehead atoms. The molecular weight excluding hydrogens is 356 g/mol. The molecule has 1 aromatic carbocycles. The maximum absolute atomic E-state index is 11.7. The maximum Gasteiger partial charge on any atom is 0.305 e. The van der Waals surface area contributed by atoms with Crippen LogP contribution in [0.5, 0.6) is 0 Å². The number of nitrogens with zero attached hydrogens (tertiary/aromatic N) is 3. The molecule has 9 heteroatoms. The van der Waals surface area contributed by atoms with Gasteiger partial charge >= 0.3 is 5.97 Å². The van der Waals surface area contributed by atoms with Crippen LogP contribution in [0.2, 0.25) is 0 Å². The molecule has 2 heterocycles. The molecule has 1 aromatic heterocycles. The van der Waals surface area contributed by atoms with E-state index < -0.39 is 11.2 Å². The lowest BCUT2D eigenvalue weighted by Gasteiger charge is -2.01. The number of aliphatic carboxylic acids is 1. The minimum absolute atomic E-state index is 0.251. The molecule has 8 nitrogen and oxygen atoms in total. The fourth-order valence-electron chi connectivity index (χ4n) is 2.56. The number of hydrogen-bond acceptors (Lipinski definition) is 7. The lowest BCUT2D eigenvalue weighted by Crippen LogP contribution is -2.26. The average Bonchev–Trinajstić information content (AvgIpc) is 3.09. The minimum atomic E-state index is -1.03. The molecule has 134 valence electrons. The summed E-state index contributed by atoms with van der Waals surface area (Å²) >= 11 is 1.06. The third-order valence-electron chi connectivity index (χ3n) is 3.70. The topological polar surface area (TPSA) is 117 Å². The van der Waals surface area contributed by atoms with Crippen LogP contribution in [-0.4, -0.2) is 38.8 Å². The largest absolute Gasteiger partial charge is 0.481 e. The highest BCUT2D eigenvalue weighted by atomic mass is 32.2. The molecule has 1 aliphatic rings. The van der Waals surface area contributed by atoms with Crippen LogP contribution in [0.15, 0.2) is 39.0 Å². The normalized spacial score (nSPS) is 18.6. The number of carboxylic acid groups (broad SMARTS) is 1. The Morgan fingerprint density at radius 1 is 1.46 bits per heavy atom. The van der Waals surface area contributed by atoms with Gasteiger partial charge in [0.1, 0.15) is 11.0 Å². The molecule has 1 saturated heterocycles. The zero-order chi connectivity index (χ0) is 18.7. The van der Waals surface area contributed by atoms with E-state index in [-0.39, 0.29) is 12.3 Å². The number of hydrogen-bond donors (Lipinski definition) is 2. The fourth-order valence-corrected chi connectivity index (χ4v) is 3.48. The molecule has 0 aliphatic carbocycles. The van der Waals surface area contributed by atoms with Crippen molar-refractivity contribution in [3.63, 3.8) is 0 Å². The fraction of sp³-hybridized carbons (Fsp3) is 0.235. The Labute approximate surface area is 153 Å². The van der Waals surface area contributed by atoms with Crippen LogP contribution >= 0.6 is 11.8 Å². The van der Waals surface area contributed by atoms with Gasteiger partial charge in [0, 0.05) is 5.56 Å². The molecule has 0 saturated carbocycles. The van der Waals surface area contributed by atoms with Gasteiger partial charge in [0.05, 0.1) is 18.3 Å². The van der Waals surface area contributed by atoms with E-state index in [1.165, 1.54) is 0 Å². The van der Waals surface area contributed by atoms with Gasteiger partial charge in [-0.25, -0.2) is 0 Å². The van der Waals surface area contributed by atoms with Crippen LogP contribution in [0.4, 0.5) is 0 Å². The summed E-state index contributed by atoms with van der Waals surface area (Å²) in [4.78, 5) is 22.4. The number of rotatable bonds is 5. The predicted octanol–water partition coefficient (Wildman–Crippen LogP) is 2.35. The van der Waals surface area contributed by atoms with Gasteiger partial charge < -0.3 is 14.9 Å². The molecule has 2 aromatic rings. The molecule has 1 atom stereocenters. The van der Waals surface area contributed by atoms with Crippen LogP contribution in [0.1, 0.15) is 23.4 Å². The zero-order valence-corrected chi connectivity index (χ0v) is 14.9. The van der Waals surface area contributed by atoms with Crippen LogP contribution in [0, 0.1) is 13.8 Å². The van der Waals surface area contributed by atoms with E-state index >= 15 is 0 Å². The Hall–Kier alpha value is -2.94. The number of thioether (sulfide) groups is 1. The minimum Gasteiger partial charge on any atom is -0.481 e. The number of aromatic nitrogens is 1. The van der Waals surface area contributed by atoms with Crippen molar-refractivity contribution >= 4 is 35.0 Å². The van der Waals surface area contributed by atoms with Gasteiger partial charge in [-0.1, -0.05) is 35.1 Å². The molecule has 1 unspecified atom stereocenters. The summed E-state index contributed by atoms with van der Waals surface area (Å²) in [6.45, 7) is 3.74. The number of carboxylic acids is 1. The Bertz CT molecular complexity index is 900. The standard InChI is InChI=1S/C17H16N4O4S/c1-9-15(10(2)25-21-9)12-5-3-4-11(6-12)8-18-20-17-19-16(24)13(26-17)7-14(22)23/h3-6,8,13H,7H2,1-2H3,(H,22,23)(H,19,20,24). The smallest absolute Gasteiger partial charge is 0.305 e. The van der Waals surface area contributed by atoms with E-state index in [9.17, 15) is 9.59 Å². The Balaban J connectivity index is 1.73. The second kappa shape index (κ2) is 7.52. The lowest BCUT2D eigenvalue weighted by molar-refractivity contribution is -0.138. The molecule has 26 heavy (non-hydrogen) atoms. The summed E-state index contributed by atoms with van der Waals surface area (Å²) in [6, 6.07) is 7.66. The van der Waals surface area contributed by atoms with Gasteiger partial charge in [0.2, 0.25) is 5.91 Å². The van der Waals surface area contributed by atoms with Gasteiger partial charge in [-0.05, 0) is 31.0 Å². The van der Waals surface area contributed by atoms with Gasteiger partial charge in [0.15, 0.2) is 5.17 Å². The number of amides is 1. The van der Waals surface area contributed by atoms with Crippen LogP contribution in [0.3, 0.4) is 0 Å². The van der Waals surface area contributed by atoms with Gasteiger partial charge in [-0.2, -0.15) is 5.10 Å². The number of amidine groups is 1. The number of nitrogens with one attached hydrogen (secondary N) is 1. The first-order chi connectivity index (χ1) is 12.4. The quantitative estimate of drug-likeness (QED) is 0.614. The monoisotopic (exact) mass is 372 g/mol. The molecule has 1 aliphatic heterocycles. The van der Waals surface area contributed by atoms with Crippen molar-refractivity contribution in [2.75, 3.05) is 0 Å². The zero-order valence-electron chi connectivity index (χ0n) is 14.1. The molecular formula is C17H16N4O4S. The Morgan fingerprint density at radius 2 is 2.27 bits per heavy atom. The van der Waals surface area contributed by atoms with Gasteiger partial charge in [0.25, 0.3) is 0 Å². The number of carbonyl (C=O) groups excluding carboxylic acids is 1. The highest BCUT2D eigenvalue weighted by molar-refractivity contribution is 8.15. The third kappa shape index (κ3) is 3.99. The SMILES string of the molecule is Cc1noc(C)c1-c1cccc(C=NN=C2NC(=O)C(CC(=O)O)S2)c1. The summed E-state index contributed by atoms with van der Waals surface area (Å²) in [7, 11) is 0. The van der Waals surface area contributed by atoms with E-state index in [4.69, 9.17) is 9.63 Å². The van der Waals surface area contributed by atoms with Crippen molar-refractivity contribution in [3.8, 4) is 11.1 Å². The van der Waals surface area contributed by atoms with Crippen molar-refractivity contribution in [1.82, 2.24) is 10.5 Å². The van der Waals surface area contributed by atoms with E-state index in [1.807, 2.05) is 38.1 Å². The number of aryl methyl sites for hydroxylation is 2. The summed E-state index contributed by atoms with van der Waals surface area (Å²) in [6.07, 6.45) is 1.31. The lowest BCUT2D eigenvalue weighted by atomic mass is 10.0.